The van der Waals surface area contributed by atoms with Gasteiger partial charge >= 0.3 is 0 Å². The van der Waals surface area contributed by atoms with E-state index in [1.807, 2.05) is 24.3 Å². The average Bonchev–Trinajstić information content (AvgIpc) is 2.43. The van der Waals surface area contributed by atoms with Crippen LogP contribution in [0.2, 0.25) is 5.02 Å². The van der Waals surface area contributed by atoms with E-state index in [1.165, 1.54) is 0 Å². The van der Waals surface area contributed by atoms with Crippen LogP contribution in [-0.4, -0.2) is 30.4 Å². The predicted octanol–water partition coefficient (Wildman–Crippen LogP) is 2.82. The Bertz CT molecular complexity index is 591. The van der Waals surface area contributed by atoms with Crippen LogP contribution in [0.3, 0.4) is 0 Å². The lowest BCUT2D eigenvalue weighted by molar-refractivity contribution is 0.204. The van der Waals surface area contributed by atoms with Gasteiger partial charge in [0.25, 0.3) is 0 Å². The molecule has 0 radical (unpaired) electrons. The van der Waals surface area contributed by atoms with Crippen molar-refractivity contribution in [1.29, 1.82) is 0 Å². The van der Waals surface area contributed by atoms with Gasteiger partial charge in [-0.1, -0.05) is 11.6 Å². The van der Waals surface area contributed by atoms with Crippen molar-refractivity contribution in [3.05, 3.63) is 35.5 Å². The molecule has 1 aromatic carbocycles. The lowest BCUT2D eigenvalue weighted by Gasteiger charge is -2.12. The fourth-order valence-corrected chi connectivity index (χ4v) is 2.10. The molecule has 1 aromatic heterocycles. The molecule has 0 unspecified atom stereocenters. The zero-order valence-corrected chi connectivity index (χ0v) is 12.0. The number of aromatic nitrogens is 1. The van der Waals surface area contributed by atoms with Crippen molar-refractivity contribution in [2.75, 3.05) is 25.6 Å². The zero-order valence-electron chi connectivity index (χ0n) is 10.4. The van der Waals surface area contributed by atoms with Crippen LogP contribution in [0.4, 0.5) is 5.69 Å². The number of thiocarbonyl (C=S) groups is 1. The van der Waals surface area contributed by atoms with Crippen molar-refractivity contribution in [3.63, 3.8) is 0 Å². The molecule has 0 amide bonds. The SMILES string of the molecule is COCCNC(=S)Nc1ccc(Cl)c2cccnc12. The molecular formula is C13H14ClN3OS. The number of fused-ring (bicyclic) bond motifs is 1. The average molecular weight is 296 g/mol. The number of rotatable bonds is 4. The molecule has 0 aliphatic rings. The standard InChI is InChI=1S/C13H14ClN3OS/c1-18-8-7-16-13(19)17-11-5-4-10(14)9-3-2-6-15-12(9)11/h2-6H,7-8H2,1H3,(H2,16,17,19). The summed E-state index contributed by atoms with van der Waals surface area (Å²) in [7, 11) is 1.65. The van der Waals surface area contributed by atoms with E-state index >= 15 is 0 Å². The molecule has 0 saturated carbocycles. The number of hydrogen-bond donors (Lipinski definition) is 2. The number of benzene rings is 1. The highest BCUT2D eigenvalue weighted by Crippen LogP contribution is 2.27. The van der Waals surface area contributed by atoms with Crippen molar-refractivity contribution in [2.24, 2.45) is 0 Å². The fourth-order valence-electron chi connectivity index (χ4n) is 1.67. The molecule has 0 saturated heterocycles. The van der Waals surface area contributed by atoms with Crippen LogP contribution in [0.1, 0.15) is 0 Å². The minimum atomic E-state index is 0.534. The highest BCUT2D eigenvalue weighted by Gasteiger charge is 2.06. The smallest absolute Gasteiger partial charge is 0.170 e. The van der Waals surface area contributed by atoms with E-state index in [0.29, 0.717) is 23.3 Å². The second-order valence-electron chi connectivity index (χ2n) is 3.87. The molecule has 100 valence electrons. The van der Waals surface area contributed by atoms with Gasteiger partial charge in [-0.25, -0.2) is 0 Å². The number of pyridine rings is 1. The third-order valence-corrected chi connectivity index (χ3v) is 3.13. The Morgan fingerprint density at radius 3 is 3.05 bits per heavy atom. The number of methoxy groups -OCH3 is 1. The van der Waals surface area contributed by atoms with Crippen LogP contribution in [0.5, 0.6) is 0 Å². The summed E-state index contributed by atoms with van der Waals surface area (Å²) >= 11 is 11.3. The highest BCUT2D eigenvalue weighted by molar-refractivity contribution is 7.80. The van der Waals surface area contributed by atoms with Gasteiger partial charge in [-0.3, -0.25) is 4.98 Å². The third-order valence-electron chi connectivity index (χ3n) is 2.56. The summed E-state index contributed by atoms with van der Waals surface area (Å²) in [6.07, 6.45) is 1.73. The summed E-state index contributed by atoms with van der Waals surface area (Å²) in [6.45, 7) is 1.25. The molecule has 4 nitrogen and oxygen atoms in total. The van der Waals surface area contributed by atoms with Gasteiger partial charge < -0.3 is 15.4 Å². The van der Waals surface area contributed by atoms with E-state index in [-0.39, 0.29) is 0 Å². The Balaban J connectivity index is 2.17. The van der Waals surface area contributed by atoms with E-state index in [0.717, 1.165) is 16.6 Å². The maximum Gasteiger partial charge on any atom is 0.170 e. The van der Waals surface area contributed by atoms with Crippen molar-refractivity contribution in [1.82, 2.24) is 10.3 Å². The Hall–Kier alpha value is -1.43. The van der Waals surface area contributed by atoms with E-state index in [4.69, 9.17) is 28.6 Å². The number of nitrogens with one attached hydrogen (secondary N) is 2. The lowest BCUT2D eigenvalue weighted by atomic mass is 10.2. The summed E-state index contributed by atoms with van der Waals surface area (Å²) < 4.78 is 4.95. The van der Waals surface area contributed by atoms with Crippen molar-refractivity contribution >= 4 is 45.5 Å². The largest absolute Gasteiger partial charge is 0.383 e. The lowest BCUT2D eigenvalue weighted by Crippen LogP contribution is -2.31. The van der Waals surface area contributed by atoms with E-state index in [9.17, 15) is 0 Å². The van der Waals surface area contributed by atoms with Crippen LogP contribution in [-0.2, 0) is 4.74 Å². The molecule has 2 rings (SSSR count). The van der Waals surface area contributed by atoms with Crippen LogP contribution >= 0.6 is 23.8 Å². The zero-order chi connectivity index (χ0) is 13.7. The summed E-state index contributed by atoms with van der Waals surface area (Å²) in [5.74, 6) is 0. The molecule has 0 fully saturated rings. The monoisotopic (exact) mass is 295 g/mol. The maximum absolute atomic E-state index is 6.14. The number of nitrogens with zero attached hydrogens (tertiary/aromatic N) is 1. The Kier molecular flexibility index (Phi) is 4.90. The highest BCUT2D eigenvalue weighted by atomic mass is 35.5. The third kappa shape index (κ3) is 3.53. The molecular weight excluding hydrogens is 282 g/mol. The Labute approximate surface area is 122 Å². The second-order valence-corrected chi connectivity index (χ2v) is 4.68. The molecule has 0 aliphatic carbocycles. The molecule has 2 aromatic rings. The number of anilines is 1. The minimum Gasteiger partial charge on any atom is -0.383 e. The van der Waals surface area contributed by atoms with Gasteiger partial charge in [-0.2, -0.15) is 0 Å². The van der Waals surface area contributed by atoms with Gasteiger partial charge in [0.2, 0.25) is 0 Å². The molecule has 0 atom stereocenters. The fraction of sp³-hybridized carbons (Fsp3) is 0.231. The van der Waals surface area contributed by atoms with Crippen molar-refractivity contribution in [2.45, 2.75) is 0 Å². The van der Waals surface area contributed by atoms with Gasteiger partial charge in [0.1, 0.15) is 0 Å². The first-order chi connectivity index (χ1) is 9.22. The first kappa shape index (κ1) is 14.0. The second kappa shape index (κ2) is 6.65. The molecule has 0 bridgehead atoms. The Morgan fingerprint density at radius 1 is 1.42 bits per heavy atom. The molecule has 2 N–H and O–H groups in total. The van der Waals surface area contributed by atoms with Gasteiger partial charge in [0.05, 0.1) is 22.8 Å². The van der Waals surface area contributed by atoms with Crippen LogP contribution in [0.25, 0.3) is 10.9 Å². The van der Waals surface area contributed by atoms with Crippen LogP contribution in [0, 0.1) is 0 Å². The quantitative estimate of drug-likeness (QED) is 0.671. The van der Waals surface area contributed by atoms with E-state index < -0.39 is 0 Å². The summed E-state index contributed by atoms with van der Waals surface area (Å²) in [5, 5.41) is 8.26. The van der Waals surface area contributed by atoms with Gasteiger partial charge in [-0.15, -0.1) is 0 Å². The molecule has 0 spiro atoms. The molecule has 6 heteroatoms. The number of ether oxygens (including phenoxy) is 1. The van der Waals surface area contributed by atoms with Crippen molar-refractivity contribution in [3.8, 4) is 0 Å². The topological polar surface area (TPSA) is 46.2 Å². The van der Waals surface area contributed by atoms with E-state index in [2.05, 4.69) is 15.6 Å². The number of halogens is 1. The summed E-state index contributed by atoms with van der Waals surface area (Å²) in [4.78, 5) is 4.33. The first-order valence-corrected chi connectivity index (χ1v) is 6.58. The van der Waals surface area contributed by atoms with Gasteiger partial charge in [0, 0.05) is 25.2 Å². The van der Waals surface area contributed by atoms with Crippen molar-refractivity contribution < 1.29 is 4.74 Å². The minimum absolute atomic E-state index is 0.534. The molecule has 0 aliphatic heterocycles. The first-order valence-electron chi connectivity index (χ1n) is 5.79. The van der Waals surface area contributed by atoms with Crippen LogP contribution < -0.4 is 10.6 Å². The summed E-state index contributed by atoms with van der Waals surface area (Å²) in [5.41, 5.74) is 1.63. The summed E-state index contributed by atoms with van der Waals surface area (Å²) in [6, 6.07) is 7.47. The Morgan fingerprint density at radius 2 is 2.26 bits per heavy atom. The predicted molar refractivity (Wildman–Crippen MR) is 82.9 cm³/mol. The normalized spacial score (nSPS) is 10.4. The number of hydrogen-bond acceptors (Lipinski definition) is 3. The van der Waals surface area contributed by atoms with Crippen LogP contribution in [0.15, 0.2) is 30.5 Å². The molecule has 19 heavy (non-hydrogen) atoms. The maximum atomic E-state index is 6.14. The van der Waals surface area contributed by atoms with Gasteiger partial charge in [-0.05, 0) is 36.5 Å². The van der Waals surface area contributed by atoms with E-state index in [1.54, 1.807) is 13.3 Å². The molecule has 1 heterocycles. The van der Waals surface area contributed by atoms with Gasteiger partial charge in [0.15, 0.2) is 5.11 Å².